The summed E-state index contributed by atoms with van der Waals surface area (Å²) in [5, 5.41) is 33.5. The van der Waals surface area contributed by atoms with Gasteiger partial charge in [0.25, 0.3) is 5.69 Å². The number of aliphatic hydroxyl groups excluding tert-OH is 2. The van der Waals surface area contributed by atoms with Crippen molar-refractivity contribution in [2.24, 2.45) is 0 Å². The Morgan fingerprint density at radius 3 is 2.50 bits per heavy atom. The maximum Gasteiger partial charge on any atom is 0.407 e. The number of aliphatic hydroxyl groups is 2. The molecule has 0 bridgehead atoms. The second-order valence-corrected chi connectivity index (χ2v) is 6.08. The average Bonchev–Trinajstić information content (AvgIpc) is 2.49. The molecule has 9 heteroatoms. The van der Waals surface area contributed by atoms with Crippen molar-refractivity contribution < 1.29 is 29.4 Å². The third-order valence-electron chi connectivity index (χ3n) is 2.97. The van der Waals surface area contributed by atoms with E-state index in [0.29, 0.717) is 0 Å². The molecule has 0 radical (unpaired) electrons. The van der Waals surface area contributed by atoms with E-state index in [-0.39, 0.29) is 17.9 Å². The van der Waals surface area contributed by atoms with Crippen LogP contribution in [0.15, 0.2) is 18.2 Å². The van der Waals surface area contributed by atoms with E-state index in [9.17, 15) is 25.1 Å². The van der Waals surface area contributed by atoms with Crippen molar-refractivity contribution in [3.63, 3.8) is 0 Å². The molecule has 9 nitrogen and oxygen atoms in total. The standard InChI is InChI=1S/C15H22N2O7/c1-15(2,3)24-14(20)16-8-12(18)13(19)10-6-5-9(23-4)7-11(10)17(21)22/h5-7,12-13,18-19H,8H2,1-4H3,(H,16,20). The molecule has 0 aliphatic heterocycles. The number of hydrogen-bond acceptors (Lipinski definition) is 7. The molecule has 0 aliphatic carbocycles. The molecule has 2 unspecified atom stereocenters. The number of rotatable bonds is 6. The number of hydrogen-bond donors (Lipinski definition) is 3. The quantitative estimate of drug-likeness (QED) is 0.527. The molecular weight excluding hydrogens is 320 g/mol. The molecule has 1 rings (SSSR count). The predicted molar refractivity (Wildman–Crippen MR) is 84.9 cm³/mol. The van der Waals surface area contributed by atoms with E-state index in [1.165, 1.54) is 19.2 Å². The lowest BCUT2D eigenvalue weighted by atomic mass is 10.0. The van der Waals surface area contributed by atoms with Gasteiger partial charge >= 0.3 is 6.09 Å². The zero-order valence-electron chi connectivity index (χ0n) is 14.0. The Labute approximate surface area is 139 Å². The van der Waals surface area contributed by atoms with Gasteiger partial charge in [0, 0.05) is 6.54 Å². The van der Waals surface area contributed by atoms with Crippen molar-refractivity contribution in [3.05, 3.63) is 33.9 Å². The first-order valence-electron chi connectivity index (χ1n) is 7.20. The number of nitrogens with one attached hydrogen (secondary N) is 1. The van der Waals surface area contributed by atoms with E-state index in [1.54, 1.807) is 20.8 Å². The van der Waals surface area contributed by atoms with Crippen molar-refractivity contribution in [2.45, 2.75) is 38.6 Å². The fourth-order valence-corrected chi connectivity index (χ4v) is 1.88. The van der Waals surface area contributed by atoms with Crippen LogP contribution in [0.25, 0.3) is 0 Å². The van der Waals surface area contributed by atoms with E-state index in [1.807, 2.05) is 0 Å². The van der Waals surface area contributed by atoms with Crippen LogP contribution in [0.3, 0.4) is 0 Å². The molecule has 0 fully saturated rings. The molecule has 24 heavy (non-hydrogen) atoms. The van der Waals surface area contributed by atoms with Crippen LogP contribution in [0.1, 0.15) is 32.4 Å². The number of carbonyl (C=O) groups excluding carboxylic acids is 1. The van der Waals surface area contributed by atoms with Crippen molar-refractivity contribution in [2.75, 3.05) is 13.7 Å². The van der Waals surface area contributed by atoms with Crippen LogP contribution in [0.4, 0.5) is 10.5 Å². The summed E-state index contributed by atoms with van der Waals surface area (Å²) in [6.07, 6.45) is -3.78. The molecule has 1 amide bonds. The van der Waals surface area contributed by atoms with Crippen molar-refractivity contribution >= 4 is 11.8 Å². The van der Waals surface area contributed by atoms with Crippen LogP contribution >= 0.6 is 0 Å². The maximum absolute atomic E-state index is 11.5. The number of carbonyl (C=O) groups is 1. The summed E-state index contributed by atoms with van der Waals surface area (Å²) in [6.45, 7) is 4.70. The molecular formula is C15H22N2O7. The van der Waals surface area contributed by atoms with E-state index < -0.39 is 34.5 Å². The minimum Gasteiger partial charge on any atom is -0.497 e. The molecule has 0 heterocycles. The largest absolute Gasteiger partial charge is 0.497 e. The normalized spacial score (nSPS) is 13.8. The van der Waals surface area contributed by atoms with Crippen LogP contribution in [0.2, 0.25) is 0 Å². The number of benzene rings is 1. The highest BCUT2D eigenvalue weighted by Gasteiger charge is 2.27. The topological polar surface area (TPSA) is 131 Å². The van der Waals surface area contributed by atoms with Crippen molar-refractivity contribution in [3.8, 4) is 5.75 Å². The van der Waals surface area contributed by atoms with Gasteiger partial charge in [-0.1, -0.05) is 0 Å². The lowest BCUT2D eigenvalue weighted by molar-refractivity contribution is -0.386. The van der Waals surface area contributed by atoms with E-state index in [0.717, 1.165) is 6.07 Å². The first-order chi connectivity index (χ1) is 11.0. The second-order valence-electron chi connectivity index (χ2n) is 6.08. The van der Waals surface area contributed by atoms with Gasteiger partial charge in [-0.05, 0) is 32.9 Å². The zero-order chi connectivity index (χ0) is 18.5. The summed E-state index contributed by atoms with van der Waals surface area (Å²) in [5.74, 6) is 0.249. The summed E-state index contributed by atoms with van der Waals surface area (Å²) in [4.78, 5) is 22.0. The lowest BCUT2D eigenvalue weighted by Gasteiger charge is -2.22. The fraction of sp³-hybridized carbons (Fsp3) is 0.533. The first kappa shape index (κ1) is 19.7. The van der Waals surface area contributed by atoms with Crippen LogP contribution in [-0.2, 0) is 4.74 Å². The van der Waals surface area contributed by atoms with Gasteiger partial charge in [-0.2, -0.15) is 0 Å². The van der Waals surface area contributed by atoms with Gasteiger partial charge in [-0.25, -0.2) is 4.79 Å². The molecule has 0 aromatic heterocycles. The Kier molecular flexibility index (Phi) is 6.50. The summed E-state index contributed by atoms with van der Waals surface area (Å²) >= 11 is 0. The van der Waals surface area contributed by atoms with E-state index in [2.05, 4.69) is 5.32 Å². The average molecular weight is 342 g/mol. The van der Waals surface area contributed by atoms with Gasteiger partial charge in [0.05, 0.1) is 23.7 Å². The molecule has 0 saturated carbocycles. The first-order valence-corrected chi connectivity index (χ1v) is 7.20. The number of nitro groups is 1. The Bertz CT molecular complexity index is 598. The summed E-state index contributed by atoms with van der Waals surface area (Å²) in [7, 11) is 1.36. The third kappa shape index (κ3) is 5.67. The van der Waals surface area contributed by atoms with Crippen LogP contribution in [0.5, 0.6) is 5.75 Å². The minimum atomic E-state index is -1.56. The lowest BCUT2D eigenvalue weighted by Crippen LogP contribution is -2.39. The number of nitro benzene ring substituents is 1. The van der Waals surface area contributed by atoms with Crippen LogP contribution < -0.4 is 10.1 Å². The number of methoxy groups -OCH3 is 1. The summed E-state index contributed by atoms with van der Waals surface area (Å²) in [5.41, 5.74) is -1.18. The van der Waals surface area contributed by atoms with Crippen LogP contribution in [-0.4, -0.2) is 46.6 Å². The highest BCUT2D eigenvalue weighted by atomic mass is 16.6. The third-order valence-corrected chi connectivity index (χ3v) is 2.97. The van der Waals surface area contributed by atoms with Gasteiger partial charge < -0.3 is 25.0 Å². The highest BCUT2D eigenvalue weighted by Crippen LogP contribution is 2.30. The van der Waals surface area contributed by atoms with Gasteiger partial charge in [-0.3, -0.25) is 10.1 Å². The van der Waals surface area contributed by atoms with Gasteiger partial charge in [0.2, 0.25) is 0 Å². The maximum atomic E-state index is 11.5. The second kappa shape index (κ2) is 7.93. The molecule has 1 aromatic rings. The smallest absolute Gasteiger partial charge is 0.407 e. The molecule has 0 saturated heterocycles. The number of ether oxygens (including phenoxy) is 2. The van der Waals surface area contributed by atoms with Gasteiger partial charge in [0.1, 0.15) is 23.6 Å². The molecule has 134 valence electrons. The molecule has 2 atom stereocenters. The van der Waals surface area contributed by atoms with E-state index >= 15 is 0 Å². The summed E-state index contributed by atoms with van der Waals surface area (Å²) < 4.78 is 9.90. The fourth-order valence-electron chi connectivity index (χ4n) is 1.88. The minimum absolute atomic E-state index is 0.0840. The monoisotopic (exact) mass is 342 g/mol. The van der Waals surface area contributed by atoms with E-state index in [4.69, 9.17) is 9.47 Å². The van der Waals surface area contributed by atoms with Crippen molar-refractivity contribution in [1.29, 1.82) is 0 Å². The Hall–Kier alpha value is -2.39. The predicted octanol–water partition coefficient (Wildman–Crippen LogP) is 1.52. The Morgan fingerprint density at radius 2 is 2.00 bits per heavy atom. The number of amides is 1. The van der Waals surface area contributed by atoms with Crippen LogP contribution in [0, 0.1) is 10.1 Å². The van der Waals surface area contributed by atoms with Crippen molar-refractivity contribution in [1.82, 2.24) is 5.32 Å². The molecule has 3 N–H and O–H groups in total. The number of alkyl carbamates (subject to hydrolysis) is 1. The highest BCUT2D eigenvalue weighted by molar-refractivity contribution is 5.67. The molecule has 0 spiro atoms. The van der Waals surface area contributed by atoms with Gasteiger partial charge in [0.15, 0.2) is 0 Å². The summed E-state index contributed by atoms with van der Waals surface area (Å²) in [6, 6.07) is 3.87. The number of nitrogens with zero attached hydrogens (tertiary/aromatic N) is 1. The Balaban J connectivity index is 2.80. The molecule has 0 aliphatic rings. The van der Waals surface area contributed by atoms with Gasteiger partial charge in [-0.15, -0.1) is 0 Å². The Morgan fingerprint density at radius 1 is 1.38 bits per heavy atom. The SMILES string of the molecule is COc1ccc(C(O)C(O)CNC(=O)OC(C)(C)C)c([N+](=O)[O-])c1. The molecule has 1 aromatic carbocycles. The zero-order valence-corrected chi connectivity index (χ0v) is 14.0.